The van der Waals surface area contributed by atoms with Crippen LogP contribution in [0, 0.1) is 0 Å². The van der Waals surface area contributed by atoms with Crippen LogP contribution < -0.4 is 10.5 Å². The second kappa shape index (κ2) is 5.13. The fraction of sp³-hybridized carbons (Fsp3) is 0.0833. The van der Waals surface area contributed by atoms with E-state index in [1.54, 1.807) is 18.2 Å². The molecule has 3 aromatic heterocycles. The predicted octanol–water partition coefficient (Wildman–Crippen LogP) is 2.63. The highest BCUT2D eigenvalue weighted by molar-refractivity contribution is 6.31. The van der Waals surface area contributed by atoms with Crippen LogP contribution in [0.3, 0.4) is 0 Å². The molecule has 0 aliphatic heterocycles. The van der Waals surface area contributed by atoms with E-state index >= 15 is 0 Å². The molecule has 0 spiro atoms. The van der Waals surface area contributed by atoms with Crippen LogP contribution >= 0.6 is 11.6 Å². The van der Waals surface area contributed by atoms with E-state index < -0.39 is 6.61 Å². The molecule has 21 heavy (non-hydrogen) atoms. The average molecular weight is 312 g/mol. The topological polar surface area (TPSA) is 78.3 Å². The number of nitrogens with zero attached hydrogens (tertiary/aromatic N) is 4. The second-order valence-corrected chi connectivity index (χ2v) is 4.50. The molecule has 0 saturated heterocycles. The normalized spacial score (nSPS) is 11.2. The van der Waals surface area contributed by atoms with Crippen molar-refractivity contribution >= 4 is 23.2 Å². The molecule has 6 nitrogen and oxygen atoms in total. The van der Waals surface area contributed by atoms with Crippen LogP contribution in [0.15, 0.2) is 30.5 Å². The van der Waals surface area contributed by atoms with Crippen molar-refractivity contribution in [3.63, 3.8) is 0 Å². The third kappa shape index (κ3) is 2.70. The highest BCUT2D eigenvalue weighted by Gasteiger charge is 2.11. The van der Waals surface area contributed by atoms with Crippen LogP contribution in [0.2, 0.25) is 5.02 Å². The van der Waals surface area contributed by atoms with Gasteiger partial charge in [-0.25, -0.2) is 9.50 Å². The lowest BCUT2D eigenvalue weighted by molar-refractivity contribution is -0.0528. The third-order valence-corrected chi connectivity index (χ3v) is 2.88. The van der Waals surface area contributed by atoms with Gasteiger partial charge in [0.1, 0.15) is 0 Å². The summed E-state index contributed by atoms with van der Waals surface area (Å²) in [6.45, 7) is -2.92. The van der Waals surface area contributed by atoms with Crippen molar-refractivity contribution in [1.82, 2.24) is 19.6 Å². The molecule has 3 heterocycles. The molecule has 9 heteroatoms. The summed E-state index contributed by atoms with van der Waals surface area (Å²) in [5.41, 5.74) is 7.22. The maximum atomic E-state index is 12.1. The number of ether oxygens (including phenoxy) is 1. The van der Waals surface area contributed by atoms with Crippen molar-refractivity contribution in [1.29, 1.82) is 0 Å². The van der Waals surface area contributed by atoms with Crippen molar-refractivity contribution < 1.29 is 13.5 Å². The molecule has 0 aliphatic rings. The SMILES string of the molecule is Nc1nc2cc(Cl)cc(-c3ccc(OC(F)F)nc3)n2n1. The highest BCUT2D eigenvalue weighted by Crippen LogP contribution is 2.25. The zero-order valence-electron chi connectivity index (χ0n) is 10.4. The summed E-state index contributed by atoms with van der Waals surface area (Å²) in [6.07, 6.45) is 1.38. The molecule has 0 amide bonds. The Morgan fingerprint density at radius 1 is 1.29 bits per heavy atom. The quantitative estimate of drug-likeness (QED) is 0.804. The minimum absolute atomic E-state index is 0.101. The Balaban J connectivity index is 2.07. The van der Waals surface area contributed by atoms with E-state index in [-0.39, 0.29) is 11.8 Å². The molecule has 0 bridgehead atoms. The Kier molecular flexibility index (Phi) is 3.30. The standard InChI is InChI=1S/C12H8ClF2N5O/c13-7-3-8(20-9(4-7)18-12(16)19-20)6-1-2-10(17-5-6)21-11(14)15/h1-5,11H,(H2,16,19). The molecule has 0 fully saturated rings. The molecular formula is C12H8ClF2N5O. The first-order valence-electron chi connectivity index (χ1n) is 5.76. The van der Waals surface area contributed by atoms with E-state index in [1.165, 1.54) is 16.8 Å². The monoisotopic (exact) mass is 311 g/mol. The molecule has 0 aromatic carbocycles. The maximum absolute atomic E-state index is 12.1. The number of anilines is 1. The lowest BCUT2D eigenvalue weighted by atomic mass is 10.2. The summed E-state index contributed by atoms with van der Waals surface area (Å²) in [7, 11) is 0. The van der Waals surface area contributed by atoms with Crippen LogP contribution in [-0.2, 0) is 0 Å². The van der Waals surface area contributed by atoms with Gasteiger partial charge < -0.3 is 10.5 Å². The van der Waals surface area contributed by atoms with Gasteiger partial charge in [-0.05, 0) is 12.1 Å². The summed E-state index contributed by atoms with van der Waals surface area (Å²) in [5.74, 6) is -0.0748. The number of halogens is 3. The molecule has 3 rings (SSSR count). The molecule has 2 N–H and O–H groups in total. The zero-order chi connectivity index (χ0) is 15.0. The smallest absolute Gasteiger partial charge is 0.388 e. The van der Waals surface area contributed by atoms with Gasteiger partial charge in [0.25, 0.3) is 0 Å². The predicted molar refractivity (Wildman–Crippen MR) is 72.3 cm³/mol. The minimum Gasteiger partial charge on any atom is -0.417 e. The number of hydrogen-bond acceptors (Lipinski definition) is 5. The largest absolute Gasteiger partial charge is 0.417 e. The van der Waals surface area contributed by atoms with Crippen LogP contribution in [0.5, 0.6) is 5.88 Å². The van der Waals surface area contributed by atoms with Gasteiger partial charge >= 0.3 is 6.61 Å². The first-order chi connectivity index (χ1) is 10.0. The average Bonchev–Trinajstić information content (AvgIpc) is 2.78. The molecule has 0 atom stereocenters. The fourth-order valence-electron chi connectivity index (χ4n) is 1.87. The van der Waals surface area contributed by atoms with Crippen LogP contribution in [0.1, 0.15) is 0 Å². The summed E-state index contributed by atoms with van der Waals surface area (Å²) in [6, 6.07) is 6.14. The zero-order valence-corrected chi connectivity index (χ0v) is 11.1. The Labute approximate surface area is 122 Å². The van der Waals surface area contributed by atoms with E-state index in [0.29, 0.717) is 21.9 Å². The van der Waals surface area contributed by atoms with Crippen molar-refractivity contribution in [3.05, 3.63) is 35.5 Å². The third-order valence-electron chi connectivity index (χ3n) is 2.66. The fourth-order valence-corrected chi connectivity index (χ4v) is 2.07. The lowest BCUT2D eigenvalue weighted by Crippen LogP contribution is -2.03. The summed E-state index contributed by atoms with van der Waals surface area (Å²) < 4.78 is 29.9. The van der Waals surface area contributed by atoms with Gasteiger partial charge in [0.2, 0.25) is 11.8 Å². The lowest BCUT2D eigenvalue weighted by Gasteiger charge is -2.07. The van der Waals surface area contributed by atoms with Gasteiger partial charge in [0.05, 0.1) is 5.69 Å². The number of fused-ring (bicyclic) bond motifs is 1. The number of nitrogen functional groups attached to an aromatic ring is 1. The first-order valence-corrected chi connectivity index (χ1v) is 6.14. The number of pyridine rings is 2. The van der Waals surface area contributed by atoms with Crippen molar-refractivity contribution in [2.24, 2.45) is 0 Å². The van der Waals surface area contributed by atoms with Crippen LogP contribution in [0.4, 0.5) is 14.7 Å². The Hall–Kier alpha value is -2.48. The summed E-state index contributed by atoms with van der Waals surface area (Å²) in [4.78, 5) is 7.82. The van der Waals surface area contributed by atoms with E-state index in [0.717, 1.165) is 0 Å². The number of aromatic nitrogens is 4. The molecule has 0 unspecified atom stereocenters. The van der Waals surface area contributed by atoms with Crippen LogP contribution in [0.25, 0.3) is 16.9 Å². The van der Waals surface area contributed by atoms with Crippen molar-refractivity contribution in [2.45, 2.75) is 6.61 Å². The first kappa shape index (κ1) is 13.5. The molecule has 0 saturated carbocycles. The van der Waals surface area contributed by atoms with Gasteiger partial charge in [0.15, 0.2) is 5.65 Å². The van der Waals surface area contributed by atoms with E-state index in [9.17, 15) is 8.78 Å². The summed E-state index contributed by atoms with van der Waals surface area (Å²) in [5, 5.41) is 4.49. The molecule has 0 radical (unpaired) electrons. The van der Waals surface area contributed by atoms with E-state index in [1.807, 2.05) is 0 Å². The highest BCUT2D eigenvalue weighted by atomic mass is 35.5. The summed E-state index contributed by atoms with van der Waals surface area (Å²) >= 11 is 6.02. The maximum Gasteiger partial charge on any atom is 0.388 e. The van der Waals surface area contributed by atoms with Gasteiger partial charge in [0, 0.05) is 28.9 Å². The molecular weight excluding hydrogens is 304 g/mol. The van der Waals surface area contributed by atoms with Crippen LogP contribution in [-0.4, -0.2) is 26.2 Å². The van der Waals surface area contributed by atoms with Gasteiger partial charge in [-0.3, -0.25) is 0 Å². The number of hydrogen-bond donors (Lipinski definition) is 1. The Morgan fingerprint density at radius 2 is 2.10 bits per heavy atom. The molecule has 3 aromatic rings. The van der Waals surface area contributed by atoms with Crippen molar-refractivity contribution in [2.75, 3.05) is 5.73 Å². The number of alkyl halides is 2. The molecule has 0 aliphatic carbocycles. The van der Waals surface area contributed by atoms with Gasteiger partial charge in [-0.2, -0.15) is 13.8 Å². The number of rotatable bonds is 3. The molecule has 108 valence electrons. The minimum atomic E-state index is -2.92. The van der Waals surface area contributed by atoms with Crippen molar-refractivity contribution in [3.8, 4) is 17.1 Å². The van der Waals surface area contributed by atoms with Gasteiger partial charge in [-0.15, -0.1) is 5.10 Å². The Bertz CT molecular complexity index is 790. The van der Waals surface area contributed by atoms with E-state index in [4.69, 9.17) is 17.3 Å². The Morgan fingerprint density at radius 3 is 2.76 bits per heavy atom. The number of nitrogens with two attached hydrogens (primary N) is 1. The van der Waals surface area contributed by atoms with E-state index in [2.05, 4.69) is 19.8 Å². The van der Waals surface area contributed by atoms with Gasteiger partial charge in [-0.1, -0.05) is 11.6 Å². The second-order valence-electron chi connectivity index (χ2n) is 4.06.